The van der Waals surface area contributed by atoms with Crippen LogP contribution in [0.1, 0.15) is 41.5 Å². The van der Waals surface area contributed by atoms with Gasteiger partial charge in [0.15, 0.2) is 0 Å². The van der Waals surface area contributed by atoms with Crippen molar-refractivity contribution in [1.29, 1.82) is 0 Å². The van der Waals surface area contributed by atoms with Crippen molar-refractivity contribution >= 4 is 17.3 Å². The van der Waals surface area contributed by atoms with E-state index in [0.717, 1.165) is 28.2 Å². The number of hydrogen-bond donors (Lipinski definition) is 0. The summed E-state index contributed by atoms with van der Waals surface area (Å²) in [5.41, 5.74) is 3.29. The Hall–Kier alpha value is 0.360. The first-order chi connectivity index (χ1) is 7.68. The Morgan fingerprint density at radius 3 is 2.12 bits per heavy atom. The lowest BCUT2D eigenvalue weighted by Gasteiger charge is -2.38. The lowest BCUT2D eigenvalue weighted by molar-refractivity contribution is 0.149. The number of nitrogens with zero attached hydrogens (tertiary/aromatic N) is 1. The lowest BCUT2D eigenvalue weighted by atomic mass is 9.78. The maximum atomic E-state index is 5.79. The Balaban J connectivity index is 3.31. The number of hydrogen-bond acceptors (Lipinski definition) is 2. The summed E-state index contributed by atoms with van der Waals surface area (Å²) in [6.07, 6.45) is 0. The monoisotopic (exact) mass is 275 g/mol. The van der Waals surface area contributed by atoms with Gasteiger partial charge in [-0.2, -0.15) is 0 Å². The Labute approximate surface area is 110 Å². The van der Waals surface area contributed by atoms with Crippen LogP contribution in [0.25, 0.3) is 0 Å². The average molecular weight is 275 g/mol. The van der Waals surface area contributed by atoms with E-state index in [1.54, 1.807) is 0 Å². The third kappa shape index (κ3) is 3.91. The molecule has 0 amide bonds. The van der Waals surface area contributed by atoms with E-state index in [1.165, 1.54) is 11.3 Å². The molecular formula is C13H27NOP2. The average Bonchev–Trinajstić information content (AvgIpc) is 2.36. The minimum atomic E-state index is 0.176. The van der Waals surface area contributed by atoms with Gasteiger partial charge in [-0.1, -0.05) is 50.5 Å². The van der Waals surface area contributed by atoms with E-state index < -0.39 is 0 Å². The molecule has 0 aromatic carbocycles. The van der Waals surface area contributed by atoms with Crippen LogP contribution in [0, 0.1) is 10.8 Å². The molecule has 0 spiro atoms. The van der Waals surface area contributed by atoms with E-state index in [0.29, 0.717) is 0 Å². The fourth-order valence-corrected chi connectivity index (χ4v) is 3.83. The molecule has 1 heterocycles. The molecule has 2 nitrogen and oxygen atoms in total. The lowest BCUT2D eigenvalue weighted by Crippen LogP contribution is -2.29. The largest absolute Gasteiger partial charge is 0.375 e. The van der Waals surface area contributed by atoms with Gasteiger partial charge in [-0.15, -0.1) is 0 Å². The van der Waals surface area contributed by atoms with Gasteiger partial charge in [0.2, 0.25) is 0 Å². The molecule has 0 bridgehead atoms. The van der Waals surface area contributed by atoms with Crippen LogP contribution >= 0.6 is 17.3 Å². The molecule has 0 aromatic rings. The fourth-order valence-electron chi connectivity index (χ4n) is 2.23. The zero-order chi connectivity index (χ0) is 13.3. The first-order valence-corrected chi connectivity index (χ1v) is 8.99. The normalized spacial score (nSPS) is 20.3. The standard InChI is InChI=1S/C13H27NOP2/c1-12(2,3)10-9-15-8-7-14(17-16)11(10)13(4,5)6/h17H,7-9,16H2,1-6H3. The van der Waals surface area contributed by atoms with Crippen molar-refractivity contribution in [2.45, 2.75) is 41.5 Å². The molecule has 1 rings (SSSR count). The minimum absolute atomic E-state index is 0.176. The molecule has 100 valence electrons. The predicted octanol–water partition coefficient (Wildman–Crippen LogP) is 4.05. The van der Waals surface area contributed by atoms with Crippen LogP contribution in [0.3, 0.4) is 0 Å². The van der Waals surface area contributed by atoms with Crippen molar-refractivity contribution < 1.29 is 4.74 Å². The van der Waals surface area contributed by atoms with E-state index >= 15 is 0 Å². The topological polar surface area (TPSA) is 12.5 Å². The highest BCUT2D eigenvalue weighted by Gasteiger charge is 2.32. The Kier molecular flexibility index (Phi) is 5.04. The first-order valence-electron chi connectivity index (χ1n) is 6.23. The molecule has 17 heavy (non-hydrogen) atoms. The van der Waals surface area contributed by atoms with Crippen molar-refractivity contribution in [2.75, 3.05) is 19.8 Å². The van der Waals surface area contributed by atoms with Crippen molar-refractivity contribution in [3.8, 4) is 0 Å². The third-order valence-electron chi connectivity index (χ3n) is 3.03. The molecule has 4 heteroatoms. The van der Waals surface area contributed by atoms with Gasteiger partial charge < -0.3 is 9.41 Å². The van der Waals surface area contributed by atoms with Gasteiger partial charge in [0, 0.05) is 17.7 Å². The van der Waals surface area contributed by atoms with Gasteiger partial charge in [-0.05, 0) is 19.4 Å². The molecule has 0 aromatic heterocycles. The van der Waals surface area contributed by atoms with Gasteiger partial charge >= 0.3 is 0 Å². The van der Waals surface area contributed by atoms with Crippen molar-refractivity contribution in [3.63, 3.8) is 0 Å². The minimum Gasteiger partial charge on any atom is -0.375 e. The maximum absolute atomic E-state index is 5.79. The van der Waals surface area contributed by atoms with Crippen LogP contribution in [0.4, 0.5) is 0 Å². The Morgan fingerprint density at radius 2 is 1.71 bits per heavy atom. The second-order valence-electron chi connectivity index (χ2n) is 6.66. The van der Waals surface area contributed by atoms with Crippen molar-refractivity contribution in [3.05, 3.63) is 11.3 Å². The van der Waals surface area contributed by atoms with E-state index in [-0.39, 0.29) is 10.8 Å². The summed E-state index contributed by atoms with van der Waals surface area (Å²) in [7, 11) is 3.61. The molecule has 0 N–H and O–H groups in total. The van der Waals surface area contributed by atoms with Crippen molar-refractivity contribution in [1.82, 2.24) is 4.67 Å². The van der Waals surface area contributed by atoms with E-state index in [1.807, 2.05) is 0 Å². The highest BCUT2D eigenvalue weighted by Crippen LogP contribution is 2.45. The van der Waals surface area contributed by atoms with Crippen molar-refractivity contribution in [2.24, 2.45) is 10.8 Å². The molecule has 2 atom stereocenters. The quantitative estimate of drug-likeness (QED) is 0.669. The van der Waals surface area contributed by atoms with Gasteiger partial charge in [0.1, 0.15) is 0 Å². The smallest absolute Gasteiger partial charge is 0.0702 e. The zero-order valence-electron chi connectivity index (χ0n) is 12.1. The maximum Gasteiger partial charge on any atom is 0.0702 e. The summed E-state index contributed by atoms with van der Waals surface area (Å²) in [4.78, 5) is 0. The summed E-state index contributed by atoms with van der Waals surface area (Å²) in [5, 5.41) is 0. The second-order valence-corrected chi connectivity index (χ2v) is 8.23. The molecule has 2 unspecified atom stereocenters. The molecule has 0 saturated heterocycles. The van der Waals surface area contributed by atoms with Crippen LogP contribution in [-0.2, 0) is 4.74 Å². The number of ether oxygens (including phenoxy) is 1. The van der Waals surface area contributed by atoms with Gasteiger partial charge in [-0.25, -0.2) is 0 Å². The van der Waals surface area contributed by atoms with Gasteiger partial charge in [-0.3, -0.25) is 0 Å². The third-order valence-corrected chi connectivity index (χ3v) is 4.73. The summed E-state index contributed by atoms with van der Waals surface area (Å²) in [6.45, 7) is 16.4. The summed E-state index contributed by atoms with van der Waals surface area (Å²) < 4.78 is 8.27. The first kappa shape index (κ1) is 15.4. The highest BCUT2D eigenvalue weighted by atomic mass is 32.0. The van der Waals surface area contributed by atoms with Gasteiger partial charge in [0.05, 0.1) is 13.2 Å². The fraction of sp³-hybridized carbons (Fsp3) is 0.846. The van der Waals surface area contributed by atoms with Crippen LogP contribution in [-0.4, -0.2) is 24.4 Å². The molecule has 1 aliphatic rings. The summed E-state index contributed by atoms with van der Waals surface area (Å²) in [5.74, 6) is 0. The Morgan fingerprint density at radius 1 is 1.12 bits per heavy atom. The van der Waals surface area contributed by atoms with Crippen LogP contribution in [0.15, 0.2) is 11.3 Å². The van der Waals surface area contributed by atoms with E-state index in [2.05, 4.69) is 55.1 Å². The molecule has 0 saturated carbocycles. The van der Waals surface area contributed by atoms with E-state index in [9.17, 15) is 0 Å². The van der Waals surface area contributed by atoms with Gasteiger partial charge in [0.25, 0.3) is 0 Å². The number of allylic oxidation sites excluding steroid dienone is 1. The summed E-state index contributed by atoms with van der Waals surface area (Å²) in [6, 6.07) is 0. The second kappa shape index (κ2) is 5.55. The van der Waals surface area contributed by atoms with Crippen LogP contribution in [0.5, 0.6) is 0 Å². The van der Waals surface area contributed by atoms with Crippen LogP contribution in [0.2, 0.25) is 0 Å². The molecule has 0 radical (unpaired) electrons. The SMILES string of the molecule is CC(C)(C)C1=C(C(C)(C)C)N(PP)CCOC1. The van der Waals surface area contributed by atoms with E-state index in [4.69, 9.17) is 4.74 Å². The molecular weight excluding hydrogens is 248 g/mol. The molecule has 0 fully saturated rings. The molecule has 1 aliphatic heterocycles. The highest BCUT2D eigenvalue weighted by molar-refractivity contribution is 8.01. The zero-order valence-corrected chi connectivity index (χ0v) is 14.2. The molecule has 0 aliphatic carbocycles. The van der Waals surface area contributed by atoms with Crippen LogP contribution < -0.4 is 0 Å². The summed E-state index contributed by atoms with van der Waals surface area (Å²) >= 11 is 0. The number of rotatable bonds is 1. The predicted molar refractivity (Wildman–Crippen MR) is 81.5 cm³/mol. The Bertz CT molecular complexity index is 300.